The number of aromatic nitrogens is 2. The van der Waals surface area contributed by atoms with Crippen LogP contribution >= 0.6 is 11.3 Å². The van der Waals surface area contributed by atoms with E-state index in [2.05, 4.69) is 22.1 Å². The topological polar surface area (TPSA) is 42.9 Å². The molecule has 0 saturated carbocycles. The second kappa shape index (κ2) is 4.31. The van der Waals surface area contributed by atoms with Crippen LogP contribution in [0.3, 0.4) is 0 Å². The number of benzene rings is 1. The number of rotatable bonds is 2. The van der Waals surface area contributed by atoms with Gasteiger partial charge >= 0.3 is 0 Å². The van der Waals surface area contributed by atoms with E-state index in [9.17, 15) is 4.79 Å². The molecule has 0 aliphatic rings. The number of carbonyl (C=O) groups is 1. The fourth-order valence-electron chi connectivity index (χ4n) is 1.83. The van der Waals surface area contributed by atoms with Gasteiger partial charge in [0.05, 0.1) is 5.52 Å². The SMILES string of the molecule is Cc1ccc2cc(-c3nc(C=O)cs3)ccc2n1. The van der Waals surface area contributed by atoms with Crippen LogP contribution in [0, 0.1) is 6.92 Å². The van der Waals surface area contributed by atoms with Crippen LogP contribution in [0.25, 0.3) is 21.5 Å². The van der Waals surface area contributed by atoms with Gasteiger partial charge in [-0.05, 0) is 31.2 Å². The third kappa shape index (κ3) is 1.91. The molecule has 3 aromatic rings. The number of nitrogens with zero attached hydrogens (tertiary/aromatic N) is 2. The van der Waals surface area contributed by atoms with Crippen molar-refractivity contribution in [1.82, 2.24) is 9.97 Å². The van der Waals surface area contributed by atoms with E-state index in [-0.39, 0.29) is 0 Å². The van der Waals surface area contributed by atoms with Crippen molar-refractivity contribution < 1.29 is 4.79 Å². The maximum atomic E-state index is 10.6. The minimum absolute atomic E-state index is 0.483. The number of aryl methyl sites for hydroxylation is 1. The Kier molecular flexibility index (Phi) is 2.64. The Morgan fingerprint density at radius 2 is 2.06 bits per heavy atom. The molecule has 0 saturated heterocycles. The maximum Gasteiger partial charge on any atom is 0.169 e. The number of pyridine rings is 1. The number of fused-ring (bicyclic) bond motifs is 1. The lowest BCUT2D eigenvalue weighted by Gasteiger charge is -2.01. The summed E-state index contributed by atoms with van der Waals surface area (Å²) >= 11 is 1.48. The summed E-state index contributed by atoms with van der Waals surface area (Å²) < 4.78 is 0. The van der Waals surface area contributed by atoms with E-state index < -0.39 is 0 Å². The van der Waals surface area contributed by atoms with Gasteiger partial charge in [0.15, 0.2) is 6.29 Å². The van der Waals surface area contributed by atoms with Crippen LogP contribution in [0.5, 0.6) is 0 Å². The standard InChI is InChI=1S/C14H10N2OS/c1-9-2-3-10-6-11(4-5-13(10)15-9)14-16-12(7-17)8-18-14/h2-8H,1H3. The number of hydrogen-bond acceptors (Lipinski definition) is 4. The second-order valence-electron chi connectivity index (χ2n) is 4.06. The van der Waals surface area contributed by atoms with Gasteiger partial charge in [0.25, 0.3) is 0 Å². The highest BCUT2D eigenvalue weighted by Gasteiger charge is 2.05. The minimum atomic E-state index is 0.483. The van der Waals surface area contributed by atoms with Gasteiger partial charge in [0.2, 0.25) is 0 Å². The number of thiazole rings is 1. The molecule has 0 atom stereocenters. The molecule has 0 bridgehead atoms. The maximum absolute atomic E-state index is 10.6. The Morgan fingerprint density at radius 1 is 1.17 bits per heavy atom. The molecule has 4 heteroatoms. The molecular formula is C14H10N2OS. The van der Waals surface area contributed by atoms with Crippen molar-refractivity contribution in [2.24, 2.45) is 0 Å². The highest BCUT2D eigenvalue weighted by molar-refractivity contribution is 7.13. The molecule has 2 heterocycles. The minimum Gasteiger partial charge on any atom is -0.296 e. The Labute approximate surface area is 108 Å². The van der Waals surface area contributed by atoms with Gasteiger partial charge in [-0.15, -0.1) is 11.3 Å². The zero-order valence-corrected chi connectivity index (χ0v) is 10.6. The summed E-state index contributed by atoms with van der Waals surface area (Å²) in [5, 5.41) is 3.71. The summed E-state index contributed by atoms with van der Waals surface area (Å²) in [6, 6.07) is 10.1. The van der Waals surface area contributed by atoms with E-state index in [0.717, 1.165) is 33.5 Å². The van der Waals surface area contributed by atoms with Gasteiger partial charge < -0.3 is 0 Å². The van der Waals surface area contributed by atoms with E-state index in [1.54, 1.807) is 5.38 Å². The Balaban J connectivity index is 2.12. The van der Waals surface area contributed by atoms with Crippen LogP contribution in [-0.4, -0.2) is 16.3 Å². The predicted octanol–water partition coefficient (Wildman–Crippen LogP) is 3.48. The molecule has 0 N–H and O–H groups in total. The van der Waals surface area contributed by atoms with Gasteiger partial charge in [0, 0.05) is 22.0 Å². The molecular weight excluding hydrogens is 244 g/mol. The fourth-order valence-corrected chi connectivity index (χ4v) is 2.60. The highest BCUT2D eigenvalue weighted by Crippen LogP contribution is 2.26. The Bertz CT molecular complexity index is 733. The average molecular weight is 254 g/mol. The number of hydrogen-bond donors (Lipinski definition) is 0. The first-order valence-electron chi connectivity index (χ1n) is 5.55. The first-order valence-corrected chi connectivity index (χ1v) is 6.43. The fraction of sp³-hybridized carbons (Fsp3) is 0.0714. The zero-order valence-electron chi connectivity index (χ0n) is 9.75. The van der Waals surface area contributed by atoms with Crippen molar-refractivity contribution in [3.63, 3.8) is 0 Å². The quantitative estimate of drug-likeness (QED) is 0.657. The average Bonchev–Trinajstić information content (AvgIpc) is 2.87. The molecule has 0 spiro atoms. The first kappa shape index (κ1) is 11.0. The van der Waals surface area contributed by atoms with Crippen LogP contribution in [0.4, 0.5) is 0 Å². The monoisotopic (exact) mass is 254 g/mol. The number of carbonyl (C=O) groups excluding carboxylic acids is 1. The molecule has 18 heavy (non-hydrogen) atoms. The van der Waals surface area contributed by atoms with E-state index >= 15 is 0 Å². The number of aldehydes is 1. The van der Waals surface area contributed by atoms with Crippen molar-refractivity contribution in [1.29, 1.82) is 0 Å². The van der Waals surface area contributed by atoms with Crippen LogP contribution in [0.15, 0.2) is 35.7 Å². The van der Waals surface area contributed by atoms with E-state index in [1.807, 2.05) is 25.1 Å². The largest absolute Gasteiger partial charge is 0.296 e. The summed E-state index contributed by atoms with van der Waals surface area (Å²) in [5.41, 5.74) is 3.49. The van der Waals surface area contributed by atoms with Gasteiger partial charge in [-0.2, -0.15) is 0 Å². The Morgan fingerprint density at radius 3 is 2.83 bits per heavy atom. The van der Waals surface area contributed by atoms with Gasteiger partial charge in [-0.3, -0.25) is 9.78 Å². The molecule has 1 aromatic carbocycles. The molecule has 0 aliphatic heterocycles. The van der Waals surface area contributed by atoms with Gasteiger partial charge in [-0.25, -0.2) is 4.98 Å². The summed E-state index contributed by atoms with van der Waals surface area (Å²) in [6.07, 6.45) is 0.770. The van der Waals surface area contributed by atoms with Crippen molar-refractivity contribution in [3.05, 3.63) is 47.1 Å². The summed E-state index contributed by atoms with van der Waals surface area (Å²) in [5.74, 6) is 0. The third-order valence-corrected chi connectivity index (χ3v) is 3.63. The lowest BCUT2D eigenvalue weighted by Crippen LogP contribution is -1.84. The molecule has 0 radical (unpaired) electrons. The summed E-state index contributed by atoms with van der Waals surface area (Å²) in [7, 11) is 0. The predicted molar refractivity (Wildman–Crippen MR) is 73.0 cm³/mol. The first-order chi connectivity index (χ1) is 8.76. The molecule has 88 valence electrons. The summed E-state index contributed by atoms with van der Waals surface area (Å²) in [4.78, 5) is 19.3. The molecule has 0 fully saturated rings. The zero-order chi connectivity index (χ0) is 12.5. The highest BCUT2D eigenvalue weighted by atomic mass is 32.1. The smallest absolute Gasteiger partial charge is 0.169 e. The van der Waals surface area contributed by atoms with Crippen molar-refractivity contribution in [3.8, 4) is 10.6 Å². The van der Waals surface area contributed by atoms with Crippen LogP contribution in [-0.2, 0) is 0 Å². The molecule has 3 nitrogen and oxygen atoms in total. The van der Waals surface area contributed by atoms with Crippen molar-refractivity contribution in [2.75, 3.05) is 0 Å². The normalized spacial score (nSPS) is 10.7. The van der Waals surface area contributed by atoms with Crippen molar-refractivity contribution >= 4 is 28.5 Å². The van der Waals surface area contributed by atoms with Gasteiger partial charge in [0.1, 0.15) is 10.7 Å². The lowest BCUT2D eigenvalue weighted by molar-refractivity contribution is 0.111. The molecule has 0 amide bonds. The third-order valence-electron chi connectivity index (χ3n) is 2.72. The molecule has 0 unspecified atom stereocenters. The van der Waals surface area contributed by atoms with Crippen molar-refractivity contribution in [2.45, 2.75) is 6.92 Å². The summed E-state index contributed by atoms with van der Waals surface area (Å²) in [6.45, 7) is 1.98. The molecule has 2 aromatic heterocycles. The second-order valence-corrected chi connectivity index (χ2v) is 4.91. The van der Waals surface area contributed by atoms with E-state index in [0.29, 0.717) is 5.69 Å². The van der Waals surface area contributed by atoms with Crippen LogP contribution in [0.1, 0.15) is 16.2 Å². The molecule has 3 rings (SSSR count). The lowest BCUT2D eigenvalue weighted by atomic mass is 10.1. The van der Waals surface area contributed by atoms with Crippen LogP contribution in [0.2, 0.25) is 0 Å². The van der Waals surface area contributed by atoms with Gasteiger partial charge in [-0.1, -0.05) is 6.07 Å². The van der Waals surface area contributed by atoms with Crippen LogP contribution < -0.4 is 0 Å². The molecule has 0 aliphatic carbocycles. The Hall–Kier alpha value is -2.07. The van der Waals surface area contributed by atoms with E-state index in [1.165, 1.54) is 11.3 Å². The van der Waals surface area contributed by atoms with E-state index in [4.69, 9.17) is 0 Å².